The Morgan fingerprint density at radius 1 is 1.56 bits per heavy atom. The SMILES string of the molecule is COC[C@H]1CCCN([C@H](C)C(=O)N(C)C)C1. The standard InChI is InChI=1S/C12H24N2O2/c1-10(12(15)13(2)3)14-7-5-6-11(8-14)9-16-4/h10-11H,5-9H2,1-4H3/t10-,11+/m1/s1. The van der Waals surface area contributed by atoms with Gasteiger partial charge in [0, 0.05) is 27.7 Å². The zero-order chi connectivity index (χ0) is 12.1. The number of piperidine rings is 1. The quantitative estimate of drug-likeness (QED) is 0.714. The number of methoxy groups -OCH3 is 1. The van der Waals surface area contributed by atoms with E-state index >= 15 is 0 Å². The number of carbonyl (C=O) groups is 1. The van der Waals surface area contributed by atoms with Gasteiger partial charge in [0.2, 0.25) is 5.91 Å². The van der Waals surface area contributed by atoms with Gasteiger partial charge in [-0.2, -0.15) is 0 Å². The van der Waals surface area contributed by atoms with Crippen molar-refractivity contribution in [3.8, 4) is 0 Å². The molecule has 16 heavy (non-hydrogen) atoms. The van der Waals surface area contributed by atoms with E-state index in [4.69, 9.17) is 4.74 Å². The molecule has 1 aliphatic rings. The Balaban J connectivity index is 2.49. The van der Waals surface area contributed by atoms with Crippen molar-refractivity contribution < 1.29 is 9.53 Å². The minimum absolute atomic E-state index is 0.00495. The molecule has 0 unspecified atom stereocenters. The molecule has 0 aliphatic carbocycles. The van der Waals surface area contributed by atoms with E-state index in [1.165, 1.54) is 12.8 Å². The zero-order valence-electron chi connectivity index (χ0n) is 10.9. The van der Waals surface area contributed by atoms with Crippen molar-refractivity contribution >= 4 is 5.91 Å². The van der Waals surface area contributed by atoms with Crippen LogP contribution in [0.5, 0.6) is 0 Å². The lowest BCUT2D eigenvalue weighted by atomic mass is 9.97. The monoisotopic (exact) mass is 228 g/mol. The number of ether oxygens (including phenoxy) is 1. The number of nitrogens with zero attached hydrogens (tertiary/aromatic N) is 2. The molecule has 94 valence electrons. The van der Waals surface area contributed by atoms with E-state index in [9.17, 15) is 4.79 Å². The van der Waals surface area contributed by atoms with Gasteiger partial charge in [0.1, 0.15) is 0 Å². The van der Waals surface area contributed by atoms with Crippen LogP contribution in [0.3, 0.4) is 0 Å². The summed E-state index contributed by atoms with van der Waals surface area (Å²) in [4.78, 5) is 15.8. The molecule has 0 saturated carbocycles. The molecule has 0 spiro atoms. The summed E-state index contributed by atoms with van der Waals surface area (Å²) in [6, 6.07) is -0.00495. The number of likely N-dealkylation sites (tertiary alicyclic amines) is 1. The Hall–Kier alpha value is -0.610. The summed E-state index contributed by atoms with van der Waals surface area (Å²) in [6.45, 7) is 4.81. The highest BCUT2D eigenvalue weighted by Gasteiger charge is 2.27. The van der Waals surface area contributed by atoms with Gasteiger partial charge in [-0.3, -0.25) is 9.69 Å². The minimum Gasteiger partial charge on any atom is -0.384 e. The summed E-state index contributed by atoms with van der Waals surface area (Å²) >= 11 is 0. The molecule has 0 aromatic heterocycles. The molecule has 1 rings (SSSR count). The topological polar surface area (TPSA) is 32.8 Å². The molecule has 1 fully saturated rings. The van der Waals surface area contributed by atoms with Gasteiger partial charge in [-0.25, -0.2) is 0 Å². The molecule has 0 bridgehead atoms. The summed E-state index contributed by atoms with van der Waals surface area (Å²) in [6.07, 6.45) is 2.38. The molecule has 1 amide bonds. The smallest absolute Gasteiger partial charge is 0.239 e. The highest BCUT2D eigenvalue weighted by atomic mass is 16.5. The first-order valence-corrected chi connectivity index (χ1v) is 6.00. The Morgan fingerprint density at radius 2 is 2.25 bits per heavy atom. The lowest BCUT2D eigenvalue weighted by Gasteiger charge is -2.36. The van der Waals surface area contributed by atoms with Crippen molar-refractivity contribution in [3.63, 3.8) is 0 Å². The zero-order valence-corrected chi connectivity index (χ0v) is 10.9. The predicted octanol–water partition coefficient (Wildman–Crippen LogP) is 0.822. The number of rotatable bonds is 4. The predicted molar refractivity (Wildman–Crippen MR) is 64.3 cm³/mol. The second kappa shape index (κ2) is 6.21. The first kappa shape index (κ1) is 13.5. The lowest BCUT2D eigenvalue weighted by Crippen LogP contribution is -2.49. The Bertz CT molecular complexity index is 229. The average Bonchev–Trinajstić information content (AvgIpc) is 2.28. The van der Waals surface area contributed by atoms with Crippen LogP contribution in [-0.2, 0) is 9.53 Å². The second-order valence-electron chi connectivity index (χ2n) is 4.87. The van der Waals surface area contributed by atoms with E-state index in [-0.39, 0.29) is 11.9 Å². The van der Waals surface area contributed by atoms with Gasteiger partial charge in [0.15, 0.2) is 0 Å². The van der Waals surface area contributed by atoms with Gasteiger partial charge in [-0.15, -0.1) is 0 Å². The van der Waals surface area contributed by atoms with Crippen LogP contribution in [0.1, 0.15) is 19.8 Å². The molecule has 4 nitrogen and oxygen atoms in total. The van der Waals surface area contributed by atoms with Crippen LogP contribution >= 0.6 is 0 Å². The van der Waals surface area contributed by atoms with Crippen molar-refractivity contribution in [2.24, 2.45) is 5.92 Å². The van der Waals surface area contributed by atoms with E-state index in [1.54, 1.807) is 12.0 Å². The first-order chi connectivity index (χ1) is 7.56. The van der Waals surface area contributed by atoms with Crippen LogP contribution in [-0.4, -0.2) is 62.7 Å². The molecule has 4 heteroatoms. The molecule has 0 radical (unpaired) electrons. The fourth-order valence-electron chi connectivity index (χ4n) is 2.35. The maximum Gasteiger partial charge on any atom is 0.239 e. The molecule has 1 aliphatic heterocycles. The van der Waals surface area contributed by atoms with Crippen LogP contribution in [0.25, 0.3) is 0 Å². The first-order valence-electron chi connectivity index (χ1n) is 6.00. The molecule has 0 N–H and O–H groups in total. The fourth-order valence-corrected chi connectivity index (χ4v) is 2.35. The third-order valence-electron chi connectivity index (χ3n) is 3.30. The van der Waals surface area contributed by atoms with Crippen molar-refractivity contribution in [1.29, 1.82) is 0 Å². The van der Waals surface area contributed by atoms with E-state index in [2.05, 4.69) is 4.90 Å². The van der Waals surface area contributed by atoms with Crippen molar-refractivity contribution in [3.05, 3.63) is 0 Å². The maximum absolute atomic E-state index is 11.9. The highest BCUT2D eigenvalue weighted by molar-refractivity contribution is 5.80. The van der Waals surface area contributed by atoms with Crippen LogP contribution < -0.4 is 0 Å². The summed E-state index contributed by atoms with van der Waals surface area (Å²) in [5.74, 6) is 0.772. The van der Waals surface area contributed by atoms with Gasteiger partial charge in [-0.1, -0.05) is 0 Å². The van der Waals surface area contributed by atoms with Crippen LogP contribution in [0, 0.1) is 5.92 Å². The van der Waals surface area contributed by atoms with E-state index in [1.807, 2.05) is 21.0 Å². The van der Waals surface area contributed by atoms with Gasteiger partial charge >= 0.3 is 0 Å². The largest absolute Gasteiger partial charge is 0.384 e. The second-order valence-corrected chi connectivity index (χ2v) is 4.87. The Morgan fingerprint density at radius 3 is 2.81 bits per heavy atom. The van der Waals surface area contributed by atoms with E-state index in [0.29, 0.717) is 5.92 Å². The molecular formula is C12H24N2O2. The van der Waals surface area contributed by atoms with Crippen LogP contribution in [0.4, 0.5) is 0 Å². The molecule has 0 aromatic carbocycles. The fraction of sp³-hybridized carbons (Fsp3) is 0.917. The maximum atomic E-state index is 11.9. The molecule has 1 saturated heterocycles. The van der Waals surface area contributed by atoms with E-state index < -0.39 is 0 Å². The number of hydrogen-bond acceptors (Lipinski definition) is 3. The molecular weight excluding hydrogens is 204 g/mol. The number of amides is 1. The van der Waals surface area contributed by atoms with Crippen molar-refractivity contribution in [2.45, 2.75) is 25.8 Å². The third kappa shape index (κ3) is 3.46. The third-order valence-corrected chi connectivity index (χ3v) is 3.30. The highest BCUT2D eigenvalue weighted by Crippen LogP contribution is 2.19. The van der Waals surface area contributed by atoms with Gasteiger partial charge in [0.25, 0.3) is 0 Å². The number of likely N-dealkylation sites (N-methyl/N-ethyl adjacent to an activating group) is 1. The summed E-state index contributed by atoms with van der Waals surface area (Å²) in [7, 11) is 5.37. The van der Waals surface area contributed by atoms with Crippen LogP contribution in [0.2, 0.25) is 0 Å². The number of hydrogen-bond donors (Lipinski definition) is 0. The Kier molecular flexibility index (Phi) is 5.22. The number of carbonyl (C=O) groups excluding carboxylic acids is 1. The normalized spacial score (nSPS) is 24.1. The summed E-state index contributed by atoms with van der Waals surface area (Å²) < 4.78 is 5.20. The molecule has 1 heterocycles. The molecule has 0 aromatic rings. The van der Waals surface area contributed by atoms with Gasteiger partial charge in [-0.05, 0) is 32.2 Å². The average molecular weight is 228 g/mol. The molecule has 2 atom stereocenters. The van der Waals surface area contributed by atoms with E-state index in [0.717, 1.165) is 19.7 Å². The summed E-state index contributed by atoms with van der Waals surface area (Å²) in [5, 5.41) is 0. The van der Waals surface area contributed by atoms with Crippen molar-refractivity contribution in [1.82, 2.24) is 9.80 Å². The Labute approximate surface area is 98.5 Å². The van der Waals surface area contributed by atoms with Gasteiger partial charge in [0.05, 0.1) is 12.6 Å². The lowest BCUT2D eigenvalue weighted by molar-refractivity contribution is -0.134. The minimum atomic E-state index is -0.00495. The van der Waals surface area contributed by atoms with Crippen molar-refractivity contribution in [2.75, 3.05) is 40.9 Å². The van der Waals surface area contributed by atoms with Gasteiger partial charge < -0.3 is 9.64 Å². The van der Waals surface area contributed by atoms with Crippen LogP contribution in [0.15, 0.2) is 0 Å². The summed E-state index contributed by atoms with van der Waals surface area (Å²) in [5.41, 5.74) is 0.